The molecular weight excluding hydrogens is 401 g/mol. The lowest BCUT2D eigenvalue weighted by molar-refractivity contribution is 0.0699. The fraction of sp³-hybridized carbons (Fsp3) is 0.0588. The molecule has 0 spiro atoms. The molecule has 1 amide bonds. The first kappa shape index (κ1) is 17.9. The van der Waals surface area contributed by atoms with Crippen molar-refractivity contribution in [2.45, 2.75) is 6.92 Å². The van der Waals surface area contributed by atoms with Crippen LogP contribution in [0.5, 0.6) is 0 Å². The molecule has 3 rings (SSSR count). The Bertz CT molecular complexity index is 961. The molecule has 25 heavy (non-hydrogen) atoms. The monoisotopic (exact) mass is 411 g/mol. The van der Waals surface area contributed by atoms with Gasteiger partial charge in [0, 0.05) is 10.9 Å². The van der Waals surface area contributed by atoms with E-state index in [2.05, 4.69) is 5.32 Å². The number of aromatic carboxylic acids is 1. The van der Waals surface area contributed by atoms with Gasteiger partial charge >= 0.3 is 5.97 Å². The number of rotatable bonds is 4. The van der Waals surface area contributed by atoms with E-state index in [-0.39, 0.29) is 20.5 Å². The third-order valence-corrected chi connectivity index (χ3v) is 5.88. The van der Waals surface area contributed by atoms with Crippen LogP contribution in [0.1, 0.15) is 26.3 Å². The molecule has 0 radical (unpaired) electrons. The number of hydrogen-bond acceptors (Lipinski definition) is 4. The largest absolute Gasteiger partial charge is 0.478 e. The third-order valence-electron chi connectivity index (χ3n) is 3.50. The van der Waals surface area contributed by atoms with E-state index >= 15 is 0 Å². The summed E-state index contributed by atoms with van der Waals surface area (Å²) in [6, 6.07) is 8.97. The molecule has 0 fully saturated rings. The van der Waals surface area contributed by atoms with Crippen LogP contribution in [0.3, 0.4) is 0 Å². The van der Waals surface area contributed by atoms with Gasteiger partial charge in [0.1, 0.15) is 14.9 Å². The molecule has 3 aromatic rings. The molecule has 0 aliphatic heterocycles. The number of aryl methyl sites for hydroxylation is 1. The van der Waals surface area contributed by atoms with Crippen molar-refractivity contribution in [3.63, 3.8) is 0 Å². The van der Waals surface area contributed by atoms with Gasteiger partial charge in [0.15, 0.2) is 0 Å². The number of hydrogen-bond donors (Lipinski definition) is 2. The standard InChI is InChI=1S/C17H11Cl2NO3S2/c1-8-2-4-9(5-3-8)11-7-24-16(13(11)17(22)23)20-15(21)10-6-12(18)25-14(10)19/h2-7H,1H3,(H,20,21)(H,22,23). The zero-order chi connectivity index (χ0) is 18.1. The summed E-state index contributed by atoms with van der Waals surface area (Å²) in [6.45, 7) is 1.96. The number of benzene rings is 1. The van der Waals surface area contributed by atoms with Crippen molar-refractivity contribution in [3.8, 4) is 11.1 Å². The highest BCUT2D eigenvalue weighted by molar-refractivity contribution is 7.20. The number of anilines is 1. The lowest BCUT2D eigenvalue weighted by atomic mass is 10.0. The summed E-state index contributed by atoms with van der Waals surface area (Å²) in [7, 11) is 0. The molecule has 1 aromatic carbocycles. The summed E-state index contributed by atoms with van der Waals surface area (Å²) in [6.07, 6.45) is 0. The second kappa shape index (κ2) is 7.17. The smallest absolute Gasteiger partial charge is 0.339 e. The van der Waals surface area contributed by atoms with Crippen LogP contribution in [0.2, 0.25) is 8.67 Å². The molecule has 0 saturated carbocycles. The van der Waals surface area contributed by atoms with Gasteiger partial charge in [0.05, 0.1) is 9.90 Å². The van der Waals surface area contributed by atoms with Crippen LogP contribution in [-0.2, 0) is 0 Å². The van der Waals surface area contributed by atoms with Crippen LogP contribution in [0, 0.1) is 6.92 Å². The summed E-state index contributed by atoms with van der Waals surface area (Å²) in [5.41, 5.74) is 2.69. The maximum atomic E-state index is 12.4. The van der Waals surface area contributed by atoms with Gasteiger partial charge in [-0.15, -0.1) is 22.7 Å². The van der Waals surface area contributed by atoms with Gasteiger partial charge in [0.25, 0.3) is 5.91 Å². The van der Waals surface area contributed by atoms with E-state index in [1.807, 2.05) is 31.2 Å². The van der Waals surface area contributed by atoms with Gasteiger partial charge in [-0.1, -0.05) is 53.0 Å². The van der Waals surface area contributed by atoms with Gasteiger partial charge in [-0.2, -0.15) is 0 Å². The molecule has 0 bridgehead atoms. The average Bonchev–Trinajstić information content (AvgIpc) is 3.11. The Balaban J connectivity index is 1.97. The lowest BCUT2D eigenvalue weighted by Crippen LogP contribution is -2.13. The van der Waals surface area contributed by atoms with Crippen LogP contribution < -0.4 is 5.32 Å². The van der Waals surface area contributed by atoms with E-state index in [1.165, 1.54) is 6.07 Å². The van der Waals surface area contributed by atoms with Crippen molar-refractivity contribution in [1.29, 1.82) is 0 Å². The van der Waals surface area contributed by atoms with Crippen LogP contribution in [0.25, 0.3) is 11.1 Å². The van der Waals surface area contributed by atoms with Gasteiger partial charge in [0.2, 0.25) is 0 Å². The highest BCUT2D eigenvalue weighted by Crippen LogP contribution is 2.37. The molecule has 8 heteroatoms. The minimum Gasteiger partial charge on any atom is -0.478 e. The highest BCUT2D eigenvalue weighted by atomic mass is 35.5. The number of carbonyl (C=O) groups is 2. The number of amides is 1. The van der Waals surface area contributed by atoms with Crippen molar-refractivity contribution >= 4 is 62.8 Å². The van der Waals surface area contributed by atoms with E-state index < -0.39 is 11.9 Å². The Labute approximate surface area is 161 Å². The van der Waals surface area contributed by atoms with Gasteiger partial charge in [-0.05, 0) is 18.6 Å². The number of halogens is 2. The SMILES string of the molecule is Cc1ccc(-c2csc(NC(=O)c3cc(Cl)sc3Cl)c2C(=O)O)cc1. The topological polar surface area (TPSA) is 66.4 Å². The van der Waals surface area contributed by atoms with Crippen molar-refractivity contribution in [2.24, 2.45) is 0 Å². The van der Waals surface area contributed by atoms with Crippen molar-refractivity contribution in [2.75, 3.05) is 5.32 Å². The fourth-order valence-corrected chi connectivity index (χ4v) is 4.69. The molecule has 0 atom stereocenters. The van der Waals surface area contributed by atoms with E-state index in [9.17, 15) is 14.7 Å². The highest BCUT2D eigenvalue weighted by Gasteiger charge is 2.23. The van der Waals surface area contributed by atoms with Crippen molar-refractivity contribution in [1.82, 2.24) is 0 Å². The molecule has 2 aromatic heterocycles. The van der Waals surface area contributed by atoms with Crippen LogP contribution in [0.15, 0.2) is 35.7 Å². The first-order valence-corrected chi connectivity index (χ1v) is 9.50. The quantitative estimate of drug-likeness (QED) is 0.549. The Morgan fingerprint density at radius 3 is 2.40 bits per heavy atom. The fourth-order valence-electron chi connectivity index (χ4n) is 2.27. The number of carbonyl (C=O) groups excluding carboxylic acids is 1. The predicted octanol–water partition coefficient (Wildman–Crippen LogP) is 6.04. The van der Waals surface area contributed by atoms with Gasteiger partial charge < -0.3 is 10.4 Å². The Hall–Kier alpha value is -1.86. The van der Waals surface area contributed by atoms with E-state index in [0.717, 1.165) is 33.8 Å². The Morgan fingerprint density at radius 1 is 1.16 bits per heavy atom. The molecule has 0 aliphatic carbocycles. The molecule has 2 N–H and O–H groups in total. The zero-order valence-corrected chi connectivity index (χ0v) is 15.9. The maximum absolute atomic E-state index is 12.4. The number of thiophene rings is 2. The number of nitrogens with one attached hydrogen (secondary N) is 1. The predicted molar refractivity (Wildman–Crippen MR) is 104 cm³/mol. The van der Waals surface area contributed by atoms with Crippen LogP contribution in [0.4, 0.5) is 5.00 Å². The average molecular weight is 412 g/mol. The summed E-state index contributed by atoms with van der Waals surface area (Å²) in [4.78, 5) is 24.1. The summed E-state index contributed by atoms with van der Waals surface area (Å²) in [5.74, 6) is -1.60. The zero-order valence-electron chi connectivity index (χ0n) is 12.8. The van der Waals surface area contributed by atoms with Gasteiger partial charge in [-0.3, -0.25) is 4.79 Å². The van der Waals surface area contributed by atoms with Crippen LogP contribution in [-0.4, -0.2) is 17.0 Å². The molecule has 128 valence electrons. The molecule has 0 aliphatic rings. The van der Waals surface area contributed by atoms with Crippen molar-refractivity contribution < 1.29 is 14.7 Å². The summed E-state index contributed by atoms with van der Waals surface area (Å²) >= 11 is 14.1. The van der Waals surface area contributed by atoms with E-state index in [0.29, 0.717) is 9.90 Å². The molecule has 4 nitrogen and oxygen atoms in total. The number of carboxylic acids is 1. The van der Waals surface area contributed by atoms with Gasteiger partial charge in [-0.25, -0.2) is 4.79 Å². The lowest BCUT2D eigenvalue weighted by Gasteiger charge is -2.06. The molecule has 0 saturated heterocycles. The summed E-state index contributed by atoms with van der Waals surface area (Å²) in [5, 5.41) is 14.2. The maximum Gasteiger partial charge on any atom is 0.339 e. The van der Waals surface area contributed by atoms with Crippen LogP contribution >= 0.6 is 45.9 Å². The minimum absolute atomic E-state index is 0.0552. The van der Waals surface area contributed by atoms with E-state index in [1.54, 1.807) is 5.38 Å². The summed E-state index contributed by atoms with van der Waals surface area (Å²) < 4.78 is 0.648. The normalized spacial score (nSPS) is 10.7. The third kappa shape index (κ3) is 3.72. The molecule has 0 unspecified atom stereocenters. The Kier molecular flexibility index (Phi) is 5.15. The van der Waals surface area contributed by atoms with Crippen molar-refractivity contribution in [3.05, 3.63) is 61.1 Å². The van der Waals surface area contributed by atoms with E-state index in [4.69, 9.17) is 23.2 Å². The second-order valence-electron chi connectivity index (χ2n) is 5.22. The number of carboxylic acid groups (broad SMARTS) is 1. The second-order valence-corrected chi connectivity index (χ2v) is 8.38. The Morgan fingerprint density at radius 2 is 1.84 bits per heavy atom. The first-order valence-electron chi connectivity index (χ1n) is 7.05. The molecule has 2 heterocycles. The molecular formula is C17H11Cl2NO3S2. The minimum atomic E-state index is -1.11. The first-order chi connectivity index (χ1) is 11.9.